The van der Waals surface area contributed by atoms with Crippen molar-refractivity contribution in [2.24, 2.45) is 0 Å². The number of likely N-dealkylation sites (tertiary alicyclic amines) is 1. The highest BCUT2D eigenvalue weighted by Crippen LogP contribution is 2.30. The van der Waals surface area contributed by atoms with Gasteiger partial charge in [0.15, 0.2) is 16.9 Å². The summed E-state index contributed by atoms with van der Waals surface area (Å²) in [5.41, 5.74) is 11.0. The lowest BCUT2D eigenvalue weighted by Crippen LogP contribution is -2.27. The number of rotatable bonds is 5. The Morgan fingerprint density at radius 3 is 2.74 bits per heavy atom. The Kier molecular flexibility index (Phi) is 5.60. The molecule has 4 heterocycles. The van der Waals surface area contributed by atoms with Crippen molar-refractivity contribution in [2.45, 2.75) is 19.4 Å². The van der Waals surface area contributed by atoms with Crippen molar-refractivity contribution in [3.63, 3.8) is 0 Å². The number of nitrogen functional groups attached to an aromatic ring is 1. The highest BCUT2D eigenvalue weighted by atomic mass is 16.4. The number of aromatic nitrogens is 5. The van der Waals surface area contributed by atoms with Crippen LogP contribution in [0.1, 0.15) is 28.5 Å². The van der Waals surface area contributed by atoms with E-state index in [2.05, 4.69) is 31.9 Å². The number of oxazole rings is 1. The van der Waals surface area contributed by atoms with E-state index < -0.39 is 5.91 Å². The van der Waals surface area contributed by atoms with Crippen LogP contribution < -0.4 is 11.1 Å². The fourth-order valence-corrected chi connectivity index (χ4v) is 4.74. The minimum absolute atomic E-state index is 0.0350. The van der Waals surface area contributed by atoms with Crippen molar-refractivity contribution in [3.05, 3.63) is 72.7 Å². The molecule has 2 aromatic carbocycles. The molecular weight excluding hydrogens is 484 g/mol. The number of nitrogens with two attached hydrogens (primary N) is 1. The van der Waals surface area contributed by atoms with Crippen LogP contribution in [0.4, 0.5) is 11.8 Å². The fraction of sp³-hybridized carbons (Fsp3) is 0.185. The van der Waals surface area contributed by atoms with Crippen molar-refractivity contribution in [3.8, 4) is 11.1 Å². The lowest BCUT2D eigenvalue weighted by Gasteiger charge is -2.14. The predicted molar refractivity (Wildman–Crippen MR) is 142 cm³/mol. The quantitative estimate of drug-likeness (QED) is 0.342. The summed E-state index contributed by atoms with van der Waals surface area (Å²) in [6.07, 6.45) is 3.26. The molecule has 6 rings (SSSR count). The van der Waals surface area contributed by atoms with Crippen LogP contribution in [0.3, 0.4) is 0 Å². The molecule has 0 unspecified atom stereocenters. The second kappa shape index (κ2) is 9.11. The molecule has 190 valence electrons. The third kappa shape index (κ3) is 4.03. The van der Waals surface area contributed by atoms with E-state index in [4.69, 9.17) is 10.2 Å². The van der Waals surface area contributed by atoms with Gasteiger partial charge < -0.3 is 15.1 Å². The van der Waals surface area contributed by atoms with E-state index >= 15 is 0 Å². The topological polar surface area (TPSA) is 145 Å². The molecule has 1 fully saturated rings. The third-order valence-electron chi connectivity index (χ3n) is 6.72. The fourth-order valence-electron chi connectivity index (χ4n) is 4.74. The van der Waals surface area contributed by atoms with Crippen LogP contribution in [0.5, 0.6) is 0 Å². The maximum absolute atomic E-state index is 13.3. The summed E-state index contributed by atoms with van der Waals surface area (Å²) < 4.78 is 7.42. The molecule has 1 aliphatic heterocycles. The van der Waals surface area contributed by atoms with Gasteiger partial charge in [-0.25, -0.2) is 14.6 Å². The number of aryl methyl sites for hydroxylation is 1. The molecule has 3 N–H and O–H groups in total. The van der Waals surface area contributed by atoms with Crippen LogP contribution in [-0.2, 0) is 4.79 Å². The van der Waals surface area contributed by atoms with Gasteiger partial charge >= 0.3 is 6.01 Å². The average molecular weight is 509 g/mol. The zero-order valence-corrected chi connectivity index (χ0v) is 20.6. The Morgan fingerprint density at radius 2 is 1.95 bits per heavy atom. The van der Waals surface area contributed by atoms with Gasteiger partial charge in [0.1, 0.15) is 17.7 Å². The molecule has 0 radical (unpaired) electrons. The Morgan fingerprint density at radius 1 is 1.16 bits per heavy atom. The van der Waals surface area contributed by atoms with Crippen molar-refractivity contribution < 1.29 is 14.0 Å². The van der Waals surface area contributed by atoms with E-state index in [1.165, 1.54) is 18.0 Å². The van der Waals surface area contributed by atoms with E-state index in [9.17, 15) is 9.59 Å². The number of anilines is 2. The lowest BCUT2D eigenvalue weighted by atomic mass is 10.0. The summed E-state index contributed by atoms with van der Waals surface area (Å²) >= 11 is 0. The molecule has 11 nitrogen and oxygen atoms in total. The number of hydrogen-bond donors (Lipinski definition) is 2. The molecule has 0 bridgehead atoms. The van der Waals surface area contributed by atoms with Crippen LogP contribution in [0.15, 0.2) is 65.9 Å². The molecule has 1 atom stereocenters. The normalized spacial score (nSPS) is 15.3. The standard InChI is InChI=1S/C27H24N8O3/c1-3-21(36)34-11-10-18(13-34)35-25-22(24(28)29-14-30-25)23(33-35)26(37)32-27-31-19-12-17(8-9-20(19)38-27)16-6-4-15(2)5-7-16/h3-9,12,14,18H,1,10-11,13H2,2H3,(H2,28,29,30)(H,31,32,37)/t18-/m1/s1. The summed E-state index contributed by atoms with van der Waals surface area (Å²) in [4.78, 5) is 39.9. The maximum Gasteiger partial charge on any atom is 0.302 e. The van der Waals surface area contributed by atoms with Gasteiger partial charge in [0.25, 0.3) is 5.91 Å². The first kappa shape index (κ1) is 23.3. The Bertz CT molecular complexity index is 1720. The van der Waals surface area contributed by atoms with E-state index in [1.54, 1.807) is 9.58 Å². The van der Waals surface area contributed by atoms with Gasteiger partial charge in [-0.2, -0.15) is 10.1 Å². The van der Waals surface area contributed by atoms with Crippen molar-refractivity contribution in [1.29, 1.82) is 0 Å². The Hall–Kier alpha value is -5.06. The van der Waals surface area contributed by atoms with Gasteiger partial charge in [0, 0.05) is 13.1 Å². The summed E-state index contributed by atoms with van der Waals surface area (Å²) in [5, 5.41) is 7.57. The van der Waals surface area contributed by atoms with Crippen LogP contribution in [-0.4, -0.2) is 54.5 Å². The van der Waals surface area contributed by atoms with E-state index in [0.717, 1.165) is 11.1 Å². The number of fused-ring (bicyclic) bond motifs is 2. The number of amides is 2. The third-order valence-corrected chi connectivity index (χ3v) is 6.72. The predicted octanol–water partition coefficient (Wildman–Crippen LogP) is 3.74. The van der Waals surface area contributed by atoms with Crippen LogP contribution in [0.2, 0.25) is 0 Å². The number of hydrogen-bond acceptors (Lipinski definition) is 8. The molecule has 0 spiro atoms. The van der Waals surface area contributed by atoms with Gasteiger partial charge in [-0.15, -0.1) is 0 Å². The number of carbonyl (C=O) groups is 2. The summed E-state index contributed by atoms with van der Waals surface area (Å²) in [6, 6.07) is 13.7. The molecular formula is C27H24N8O3. The second-order valence-electron chi connectivity index (χ2n) is 9.20. The summed E-state index contributed by atoms with van der Waals surface area (Å²) in [7, 11) is 0. The molecule has 11 heteroatoms. The monoisotopic (exact) mass is 508 g/mol. The molecule has 1 saturated heterocycles. The van der Waals surface area contributed by atoms with Gasteiger partial charge in [0.2, 0.25) is 5.91 Å². The van der Waals surface area contributed by atoms with Gasteiger partial charge in [-0.05, 0) is 42.7 Å². The average Bonchev–Trinajstić information content (AvgIpc) is 3.65. The Labute approximate surface area is 217 Å². The van der Waals surface area contributed by atoms with Crippen molar-refractivity contribution >= 4 is 45.8 Å². The highest BCUT2D eigenvalue weighted by molar-refractivity contribution is 6.12. The van der Waals surface area contributed by atoms with Gasteiger partial charge in [-0.1, -0.05) is 42.5 Å². The first-order valence-corrected chi connectivity index (χ1v) is 12.1. The Balaban J connectivity index is 1.30. The smallest absolute Gasteiger partial charge is 0.302 e. The van der Waals surface area contributed by atoms with Crippen LogP contribution in [0.25, 0.3) is 33.3 Å². The minimum Gasteiger partial charge on any atom is -0.423 e. The number of carbonyl (C=O) groups excluding carboxylic acids is 2. The summed E-state index contributed by atoms with van der Waals surface area (Å²) in [5.74, 6) is -0.584. The SMILES string of the molecule is C=CC(=O)N1CC[C@@H](n2nc(C(=O)Nc3nc4cc(-c5ccc(C)cc5)ccc4o3)c3c(N)ncnc32)C1. The molecule has 0 aliphatic carbocycles. The molecule has 1 aliphatic rings. The van der Waals surface area contributed by atoms with Crippen LogP contribution in [0, 0.1) is 6.92 Å². The zero-order chi connectivity index (χ0) is 26.4. The van der Waals surface area contributed by atoms with Gasteiger partial charge in [0.05, 0.1) is 11.4 Å². The zero-order valence-electron chi connectivity index (χ0n) is 20.6. The van der Waals surface area contributed by atoms with Crippen molar-refractivity contribution in [1.82, 2.24) is 29.6 Å². The van der Waals surface area contributed by atoms with E-state index in [0.29, 0.717) is 41.6 Å². The molecule has 2 amide bonds. The summed E-state index contributed by atoms with van der Waals surface area (Å²) in [6.45, 7) is 6.56. The first-order chi connectivity index (χ1) is 18.4. The minimum atomic E-state index is -0.558. The first-order valence-electron chi connectivity index (χ1n) is 12.1. The number of nitrogens with zero attached hydrogens (tertiary/aromatic N) is 6. The number of benzene rings is 2. The largest absolute Gasteiger partial charge is 0.423 e. The van der Waals surface area contributed by atoms with Crippen LogP contribution >= 0.6 is 0 Å². The van der Waals surface area contributed by atoms with Crippen molar-refractivity contribution in [2.75, 3.05) is 24.1 Å². The van der Waals surface area contributed by atoms with Gasteiger partial charge in [-0.3, -0.25) is 14.9 Å². The molecule has 3 aromatic heterocycles. The molecule has 0 saturated carbocycles. The van der Waals surface area contributed by atoms with E-state index in [-0.39, 0.29) is 29.5 Å². The maximum atomic E-state index is 13.3. The second-order valence-corrected chi connectivity index (χ2v) is 9.20. The van der Waals surface area contributed by atoms with E-state index in [1.807, 2.05) is 49.4 Å². The molecule has 38 heavy (non-hydrogen) atoms. The number of nitrogens with one attached hydrogen (secondary N) is 1. The molecule has 5 aromatic rings. The highest BCUT2D eigenvalue weighted by Gasteiger charge is 2.31. The lowest BCUT2D eigenvalue weighted by molar-refractivity contribution is -0.125.